The molecule has 0 spiro atoms. The van der Waals surface area contributed by atoms with Gasteiger partial charge in [0.1, 0.15) is 18.5 Å². The molecule has 4 heteroatoms. The summed E-state index contributed by atoms with van der Waals surface area (Å²) >= 11 is 1.73. The van der Waals surface area contributed by atoms with Crippen LogP contribution in [0.25, 0.3) is 0 Å². The minimum absolute atomic E-state index is 0.345. The number of aliphatic hydroxyl groups is 1. The molecule has 0 aliphatic heterocycles. The van der Waals surface area contributed by atoms with Gasteiger partial charge in [-0.25, -0.2) is 0 Å². The second-order valence-electron chi connectivity index (χ2n) is 6.02. The summed E-state index contributed by atoms with van der Waals surface area (Å²) in [5.41, 5.74) is 2.44. The van der Waals surface area contributed by atoms with Crippen molar-refractivity contribution in [1.29, 1.82) is 0 Å². The van der Waals surface area contributed by atoms with Gasteiger partial charge < -0.3 is 9.84 Å². The first-order valence-corrected chi connectivity index (χ1v) is 8.78. The number of ether oxygens (including phenoxy) is 1. The van der Waals surface area contributed by atoms with Crippen LogP contribution in [0.3, 0.4) is 0 Å². The van der Waals surface area contributed by atoms with E-state index in [0.717, 1.165) is 17.9 Å². The molecule has 118 valence electrons. The van der Waals surface area contributed by atoms with Crippen LogP contribution in [0.4, 0.5) is 0 Å². The number of benzene rings is 1. The number of aliphatic hydroxyl groups excluding tert-OH is 1. The molecular formula is C18H23NO2S. The van der Waals surface area contributed by atoms with E-state index in [1.54, 1.807) is 11.3 Å². The minimum Gasteiger partial charge on any atom is -0.491 e. The summed E-state index contributed by atoms with van der Waals surface area (Å²) in [7, 11) is 0. The zero-order valence-electron chi connectivity index (χ0n) is 12.9. The van der Waals surface area contributed by atoms with Crippen molar-refractivity contribution in [3.8, 4) is 5.75 Å². The smallest absolute Gasteiger partial charge is 0.122 e. The van der Waals surface area contributed by atoms with Gasteiger partial charge in [0.2, 0.25) is 0 Å². The molecule has 1 heterocycles. The fraction of sp³-hybridized carbons (Fsp3) is 0.444. The molecule has 0 unspecified atom stereocenters. The van der Waals surface area contributed by atoms with Crippen LogP contribution in [0.5, 0.6) is 5.75 Å². The van der Waals surface area contributed by atoms with Gasteiger partial charge >= 0.3 is 0 Å². The number of aryl methyl sites for hydroxylation is 1. The van der Waals surface area contributed by atoms with Crippen LogP contribution in [-0.2, 0) is 6.54 Å². The molecular weight excluding hydrogens is 294 g/mol. The summed E-state index contributed by atoms with van der Waals surface area (Å²) in [6.45, 7) is 3.97. The fourth-order valence-electron chi connectivity index (χ4n) is 2.63. The molecule has 3 rings (SSSR count). The predicted octanol–water partition coefficient (Wildman–Crippen LogP) is 3.46. The second-order valence-corrected chi connectivity index (χ2v) is 6.80. The van der Waals surface area contributed by atoms with Crippen LogP contribution < -0.4 is 4.74 Å². The molecule has 1 aromatic carbocycles. The molecule has 1 saturated carbocycles. The Morgan fingerprint density at radius 1 is 1.32 bits per heavy atom. The standard InChI is InChI=1S/C18H23NO2S/c1-14-4-2-3-5-18(14)21-12-17(20)11-19(16-6-7-16)10-15-8-9-22-13-15/h2-5,8-9,13,16-17,20H,6-7,10-12H2,1H3/t17-/m0/s1. The Morgan fingerprint density at radius 3 is 2.82 bits per heavy atom. The molecule has 1 fully saturated rings. The maximum absolute atomic E-state index is 10.3. The first kappa shape index (κ1) is 15.5. The molecule has 1 N–H and O–H groups in total. The largest absolute Gasteiger partial charge is 0.491 e. The van der Waals surface area contributed by atoms with Crippen molar-refractivity contribution in [2.75, 3.05) is 13.2 Å². The third-order valence-electron chi connectivity index (χ3n) is 4.00. The van der Waals surface area contributed by atoms with Gasteiger partial charge in [0.15, 0.2) is 0 Å². The highest BCUT2D eigenvalue weighted by atomic mass is 32.1. The molecule has 0 saturated heterocycles. The number of para-hydroxylation sites is 1. The predicted molar refractivity (Wildman–Crippen MR) is 90.4 cm³/mol. The lowest BCUT2D eigenvalue weighted by Crippen LogP contribution is -2.36. The normalized spacial score (nSPS) is 16.0. The summed E-state index contributed by atoms with van der Waals surface area (Å²) < 4.78 is 5.76. The van der Waals surface area contributed by atoms with Crippen molar-refractivity contribution in [1.82, 2.24) is 4.90 Å². The van der Waals surface area contributed by atoms with E-state index in [2.05, 4.69) is 21.7 Å². The number of nitrogens with zero attached hydrogens (tertiary/aromatic N) is 1. The summed E-state index contributed by atoms with van der Waals surface area (Å²) in [4.78, 5) is 2.38. The summed E-state index contributed by atoms with van der Waals surface area (Å²) in [5.74, 6) is 0.859. The summed E-state index contributed by atoms with van der Waals surface area (Å²) in [6.07, 6.45) is 2.03. The summed E-state index contributed by atoms with van der Waals surface area (Å²) in [5, 5.41) is 14.6. The molecule has 0 amide bonds. The molecule has 1 aliphatic rings. The zero-order valence-corrected chi connectivity index (χ0v) is 13.8. The first-order chi connectivity index (χ1) is 10.7. The lowest BCUT2D eigenvalue weighted by atomic mass is 10.2. The Hall–Kier alpha value is -1.36. The molecule has 1 aliphatic carbocycles. The van der Waals surface area contributed by atoms with Gasteiger partial charge in [-0.05, 0) is 53.8 Å². The highest BCUT2D eigenvalue weighted by molar-refractivity contribution is 7.07. The van der Waals surface area contributed by atoms with E-state index in [9.17, 15) is 5.11 Å². The Balaban J connectivity index is 1.51. The lowest BCUT2D eigenvalue weighted by molar-refractivity contribution is 0.0624. The van der Waals surface area contributed by atoms with Gasteiger partial charge in [-0.3, -0.25) is 4.90 Å². The number of hydrogen-bond donors (Lipinski definition) is 1. The van der Waals surface area contributed by atoms with Crippen molar-refractivity contribution >= 4 is 11.3 Å². The average Bonchev–Trinajstić information content (AvgIpc) is 3.24. The Labute approximate surface area is 136 Å². The van der Waals surface area contributed by atoms with Gasteiger partial charge in [0.25, 0.3) is 0 Å². The molecule has 0 radical (unpaired) electrons. The van der Waals surface area contributed by atoms with E-state index in [1.807, 2.05) is 31.2 Å². The third kappa shape index (κ3) is 4.32. The quantitative estimate of drug-likeness (QED) is 0.809. The molecule has 3 nitrogen and oxygen atoms in total. The highest BCUT2D eigenvalue weighted by Gasteiger charge is 2.30. The monoisotopic (exact) mass is 317 g/mol. The Bertz CT molecular complexity index is 581. The lowest BCUT2D eigenvalue weighted by Gasteiger charge is -2.24. The first-order valence-electron chi connectivity index (χ1n) is 7.84. The third-order valence-corrected chi connectivity index (χ3v) is 4.73. The van der Waals surface area contributed by atoms with Crippen LogP contribution in [-0.4, -0.2) is 35.3 Å². The van der Waals surface area contributed by atoms with Gasteiger partial charge in [-0.15, -0.1) is 0 Å². The van der Waals surface area contributed by atoms with E-state index in [1.165, 1.54) is 18.4 Å². The zero-order chi connectivity index (χ0) is 15.4. The SMILES string of the molecule is Cc1ccccc1OC[C@@H](O)CN(Cc1ccsc1)C1CC1. The maximum atomic E-state index is 10.3. The topological polar surface area (TPSA) is 32.7 Å². The highest BCUT2D eigenvalue weighted by Crippen LogP contribution is 2.29. The van der Waals surface area contributed by atoms with Gasteiger partial charge in [0, 0.05) is 19.1 Å². The fourth-order valence-corrected chi connectivity index (χ4v) is 3.29. The van der Waals surface area contributed by atoms with Crippen LogP contribution in [0.1, 0.15) is 24.0 Å². The van der Waals surface area contributed by atoms with Crippen LogP contribution in [0, 0.1) is 6.92 Å². The molecule has 1 atom stereocenters. The summed E-state index contributed by atoms with van der Waals surface area (Å²) in [6, 6.07) is 10.7. The Morgan fingerprint density at radius 2 is 2.14 bits per heavy atom. The maximum Gasteiger partial charge on any atom is 0.122 e. The van der Waals surface area contributed by atoms with E-state index in [-0.39, 0.29) is 0 Å². The van der Waals surface area contributed by atoms with Crippen LogP contribution in [0.15, 0.2) is 41.1 Å². The van der Waals surface area contributed by atoms with E-state index >= 15 is 0 Å². The van der Waals surface area contributed by atoms with Crippen molar-refractivity contribution in [2.24, 2.45) is 0 Å². The van der Waals surface area contributed by atoms with Crippen molar-refractivity contribution in [2.45, 2.75) is 38.5 Å². The van der Waals surface area contributed by atoms with Gasteiger partial charge in [-0.2, -0.15) is 11.3 Å². The van der Waals surface area contributed by atoms with Crippen molar-refractivity contribution < 1.29 is 9.84 Å². The Kier molecular flexibility index (Phi) is 5.13. The van der Waals surface area contributed by atoms with E-state index < -0.39 is 6.10 Å². The number of thiophene rings is 1. The van der Waals surface area contributed by atoms with Crippen molar-refractivity contribution in [3.05, 3.63) is 52.2 Å². The average molecular weight is 317 g/mol. The van der Waals surface area contributed by atoms with Crippen LogP contribution in [0.2, 0.25) is 0 Å². The number of rotatable bonds is 8. The molecule has 0 bridgehead atoms. The molecule has 22 heavy (non-hydrogen) atoms. The molecule has 2 aromatic rings. The molecule has 1 aromatic heterocycles. The second kappa shape index (κ2) is 7.27. The van der Waals surface area contributed by atoms with Crippen molar-refractivity contribution in [3.63, 3.8) is 0 Å². The van der Waals surface area contributed by atoms with Crippen LogP contribution >= 0.6 is 11.3 Å². The van der Waals surface area contributed by atoms with Gasteiger partial charge in [-0.1, -0.05) is 18.2 Å². The minimum atomic E-state index is -0.459. The van der Waals surface area contributed by atoms with Gasteiger partial charge in [0.05, 0.1) is 0 Å². The number of hydrogen-bond acceptors (Lipinski definition) is 4. The van der Waals surface area contributed by atoms with E-state index in [4.69, 9.17) is 4.74 Å². The van der Waals surface area contributed by atoms with E-state index in [0.29, 0.717) is 19.2 Å².